The molecule has 2 rings (SSSR count). The van der Waals surface area contributed by atoms with Gasteiger partial charge in [0.25, 0.3) is 5.91 Å². The van der Waals surface area contributed by atoms with Gasteiger partial charge in [0.2, 0.25) is 0 Å². The molecule has 0 bridgehead atoms. The van der Waals surface area contributed by atoms with Crippen molar-refractivity contribution in [3.63, 3.8) is 0 Å². The minimum Gasteiger partial charge on any atom is -0.377 e. The second-order valence-corrected chi connectivity index (χ2v) is 4.76. The van der Waals surface area contributed by atoms with E-state index in [0.29, 0.717) is 37.1 Å². The van der Waals surface area contributed by atoms with Crippen LogP contribution in [-0.2, 0) is 11.3 Å². The normalized spacial score (nSPS) is 22.4. The van der Waals surface area contributed by atoms with Crippen LogP contribution in [0.25, 0.3) is 0 Å². The smallest absolute Gasteiger partial charge is 0.276 e. The summed E-state index contributed by atoms with van der Waals surface area (Å²) < 4.78 is 9.95. The molecule has 1 aromatic rings. The van der Waals surface area contributed by atoms with E-state index in [2.05, 4.69) is 5.16 Å². The summed E-state index contributed by atoms with van der Waals surface area (Å²) in [6.07, 6.45) is 0.949. The third-order valence-electron chi connectivity index (χ3n) is 3.32. The molecule has 1 amide bonds. The van der Waals surface area contributed by atoms with E-state index in [1.807, 2.05) is 11.8 Å². The second-order valence-electron chi connectivity index (χ2n) is 4.76. The standard InChI is InChI=1S/C12H19N3O3.ClH/c1-8-3-9(5-13)6-15(8)12(16)11-4-10(7-17-2)18-14-11;/h4,8-9H,3,5-7,13H2,1-2H3;1H. The Labute approximate surface area is 118 Å². The number of halogens is 1. The lowest BCUT2D eigenvalue weighted by atomic mass is 10.1. The first-order valence-corrected chi connectivity index (χ1v) is 6.11. The van der Waals surface area contributed by atoms with Gasteiger partial charge in [-0.05, 0) is 25.8 Å². The summed E-state index contributed by atoms with van der Waals surface area (Å²) in [6.45, 7) is 3.66. The van der Waals surface area contributed by atoms with Crippen LogP contribution in [0, 0.1) is 5.92 Å². The van der Waals surface area contributed by atoms with Gasteiger partial charge in [-0.15, -0.1) is 12.4 Å². The maximum absolute atomic E-state index is 12.3. The number of nitrogens with zero attached hydrogens (tertiary/aromatic N) is 2. The summed E-state index contributed by atoms with van der Waals surface area (Å²) in [7, 11) is 1.57. The monoisotopic (exact) mass is 289 g/mol. The van der Waals surface area contributed by atoms with E-state index < -0.39 is 0 Å². The van der Waals surface area contributed by atoms with E-state index >= 15 is 0 Å². The van der Waals surface area contributed by atoms with Crippen LogP contribution in [-0.4, -0.2) is 42.2 Å². The van der Waals surface area contributed by atoms with E-state index in [1.165, 1.54) is 0 Å². The fourth-order valence-electron chi connectivity index (χ4n) is 2.37. The molecular formula is C12H20ClN3O3. The van der Waals surface area contributed by atoms with Gasteiger partial charge < -0.3 is 19.9 Å². The summed E-state index contributed by atoms with van der Waals surface area (Å²) in [5.41, 5.74) is 5.99. The topological polar surface area (TPSA) is 81.6 Å². The van der Waals surface area contributed by atoms with E-state index in [-0.39, 0.29) is 24.4 Å². The molecule has 7 heteroatoms. The van der Waals surface area contributed by atoms with Crippen molar-refractivity contribution in [2.45, 2.75) is 26.0 Å². The van der Waals surface area contributed by atoms with Crippen LogP contribution in [0.2, 0.25) is 0 Å². The number of aromatic nitrogens is 1. The Hall–Kier alpha value is -1.11. The summed E-state index contributed by atoms with van der Waals surface area (Å²) in [6, 6.07) is 1.84. The third kappa shape index (κ3) is 3.46. The number of nitrogens with two attached hydrogens (primary N) is 1. The molecule has 1 saturated heterocycles. The maximum atomic E-state index is 12.3. The lowest BCUT2D eigenvalue weighted by Gasteiger charge is -2.19. The quantitative estimate of drug-likeness (QED) is 0.896. The van der Waals surface area contributed by atoms with Gasteiger partial charge in [0.15, 0.2) is 11.5 Å². The van der Waals surface area contributed by atoms with Crippen molar-refractivity contribution in [1.82, 2.24) is 10.1 Å². The lowest BCUT2D eigenvalue weighted by molar-refractivity contribution is 0.0732. The second kappa shape index (κ2) is 6.88. The molecule has 108 valence electrons. The van der Waals surface area contributed by atoms with Crippen LogP contribution in [0.1, 0.15) is 29.6 Å². The highest BCUT2D eigenvalue weighted by molar-refractivity contribution is 5.92. The van der Waals surface area contributed by atoms with Gasteiger partial charge in [0.1, 0.15) is 6.61 Å². The average molecular weight is 290 g/mol. The molecule has 0 saturated carbocycles. The molecule has 0 spiro atoms. The number of hydrogen-bond acceptors (Lipinski definition) is 5. The first-order chi connectivity index (χ1) is 8.65. The molecule has 1 fully saturated rings. The zero-order chi connectivity index (χ0) is 13.1. The highest BCUT2D eigenvalue weighted by Gasteiger charge is 2.33. The molecule has 1 aliphatic heterocycles. The average Bonchev–Trinajstić information content (AvgIpc) is 2.95. The van der Waals surface area contributed by atoms with Crippen molar-refractivity contribution in [1.29, 1.82) is 0 Å². The molecule has 6 nitrogen and oxygen atoms in total. The SMILES string of the molecule is COCc1cc(C(=O)N2CC(CN)CC2C)no1.Cl. The van der Waals surface area contributed by atoms with E-state index in [1.54, 1.807) is 13.2 Å². The number of carbonyl (C=O) groups excluding carboxylic acids is 1. The molecule has 2 N–H and O–H groups in total. The van der Waals surface area contributed by atoms with E-state index in [0.717, 1.165) is 6.42 Å². The number of ether oxygens (including phenoxy) is 1. The zero-order valence-corrected chi connectivity index (χ0v) is 12.0. The summed E-state index contributed by atoms with van der Waals surface area (Å²) in [4.78, 5) is 14.1. The van der Waals surface area contributed by atoms with Gasteiger partial charge in [-0.1, -0.05) is 5.16 Å². The predicted octanol–water partition coefficient (Wildman–Crippen LogP) is 1.05. The van der Waals surface area contributed by atoms with Crippen molar-refractivity contribution in [3.8, 4) is 0 Å². The molecule has 2 atom stereocenters. The largest absolute Gasteiger partial charge is 0.377 e. The molecule has 2 unspecified atom stereocenters. The lowest BCUT2D eigenvalue weighted by Crippen LogP contribution is -2.34. The van der Waals surface area contributed by atoms with Gasteiger partial charge in [-0.2, -0.15) is 0 Å². The molecule has 0 radical (unpaired) electrons. The Morgan fingerprint density at radius 2 is 2.42 bits per heavy atom. The van der Waals surface area contributed by atoms with Crippen molar-refractivity contribution in [2.75, 3.05) is 20.2 Å². The van der Waals surface area contributed by atoms with Crippen LogP contribution in [0.15, 0.2) is 10.6 Å². The van der Waals surface area contributed by atoms with Crippen molar-refractivity contribution < 1.29 is 14.1 Å². The Morgan fingerprint density at radius 3 is 3.00 bits per heavy atom. The van der Waals surface area contributed by atoms with Crippen LogP contribution >= 0.6 is 12.4 Å². The first kappa shape index (κ1) is 15.9. The molecular weight excluding hydrogens is 270 g/mol. The van der Waals surface area contributed by atoms with Gasteiger partial charge in [-0.25, -0.2) is 0 Å². The first-order valence-electron chi connectivity index (χ1n) is 6.11. The number of carbonyl (C=O) groups is 1. The van der Waals surface area contributed by atoms with Crippen LogP contribution < -0.4 is 5.73 Å². The molecule has 0 aliphatic carbocycles. The third-order valence-corrected chi connectivity index (χ3v) is 3.32. The Kier molecular flexibility index (Phi) is 5.78. The maximum Gasteiger partial charge on any atom is 0.276 e. The Morgan fingerprint density at radius 1 is 1.68 bits per heavy atom. The van der Waals surface area contributed by atoms with Crippen LogP contribution in [0.5, 0.6) is 0 Å². The molecule has 1 aromatic heterocycles. The Balaban J connectivity index is 0.00000180. The van der Waals surface area contributed by atoms with Gasteiger partial charge in [0.05, 0.1) is 0 Å². The summed E-state index contributed by atoms with van der Waals surface area (Å²) >= 11 is 0. The van der Waals surface area contributed by atoms with E-state index in [9.17, 15) is 4.79 Å². The molecule has 19 heavy (non-hydrogen) atoms. The number of methoxy groups -OCH3 is 1. The minimum atomic E-state index is -0.0930. The highest BCUT2D eigenvalue weighted by Crippen LogP contribution is 2.24. The zero-order valence-electron chi connectivity index (χ0n) is 11.2. The van der Waals surface area contributed by atoms with Gasteiger partial charge >= 0.3 is 0 Å². The van der Waals surface area contributed by atoms with E-state index in [4.69, 9.17) is 15.0 Å². The van der Waals surface area contributed by atoms with Gasteiger partial charge in [0, 0.05) is 25.8 Å². The predicted molar refractivity (Wildman–Crippen MR) is 72.1 cm³/mol. The summed E-state index contributed by atoms with van der Waals surface area (Å²) in [5, 5.41) is 3.79. The molecule has 2 heterocycles. The van der Waals surface area contributed by atoms with Crippen LogP contribution in [0.4, 0.5) is 0 Å². The Bertz CT molecular complexity index is 424. The van der Waals surface area contributed by atoms with Crippen molar-refractivity contribution in [3.05, 3.63) is 17.5 Å². The van der Waals surface area contributed by atoms with Gasteiger partial charge in [-0.3, -0.25) is 4.79 Å². The number of likely N-dealkylation sites (tertiary alicyclic amines) is 1. The van der Waals surface area contributed by atoms with Crippen LogP contribution in [0.3, 0.4) is 0 Å². The minimum absolute atomic E-state index is 0. The fourth-order valence-corrected chi connectivity index (χ4v) is 2.37. The molecule has 1 aliphatic rings. The van der Waals surface area contributed by atoms with Crippen molar-refractivity contribution >= 4 is 18.3 Å². The number of amides is 1. The highest BCUT2D eigenvalue weighted by atomic mass is 35.5. The number of rotatable bonds is 4. The molecule has 0 aromatic carbocycles. The van der Waals surface area contributed by atoms with Crippen molar-refractivity contribution in [2.24, 2.45) is 11.7 Å². The fraction of sp³-hybridized carbons (Fsp3) is 0.667. The summed E-state index contributed by atoms with van der Waals surface area (Å²) in [5.74, 6) is 0.849. The number of hydrogen-bond donors (Lipinski definition) is 1.